The van der Waals surface area contributed by atoms with E-state index in [1.165, 1.54) is 11.8 Å². The van der Waals surface area contributed by atoms with Crippen molar-refractivity contribution in [3.05, 3.63) is 57.2 Å². The maximum Gasteiger partial charge on any atom is 0.251 e. The van der Waals surface area contributed by atoms with Crippen molar-refractivity contribution >= 4 is 40.3 Å². The molecule has 3 aliphatic rings. The summed E-state index contributed by atoms with van der Waals surface area (Å²) in [4.78, 5) is 37.6. The summed E-state index contributed by atoms with van der Waals surface area (Å²) in [6.07, 6.45) is 0.271. The normalized spacial score (nSPS) is 21.3. The van der Waals surface area contributed by atoms with Gasteiger partial charge in [-0.2, -0.15) is 0 Å². The second-order valence-corrected chi connectivity index (χ2v) is 11.3. The zero-order valence-corrected chi connectivity index (χ0v) is 22.0. The number of hydrogen-bond donors (Lipinski definition) is 1. The topological polar surface area (TPSA) is 68.2 Å². The van der Waals surface area contributed by atoms with E-state index in [9.17, 15) is 9.59 Å². The number of amides is 2. The predicted molar refractivity (Wildman–Crippen MR) is 138 cm³/mol. The average molecular weight is 502 g/mol. The smallest absolute Gasteiger partial charge is 0.251 e. The minimum Gasteiger partial charge on any atom is -0.348 e. The molecule has 182 valence electrons. The van der Waals surface area contributed by atoms with Crippen molar-refractivity contribution in [1.29, 1.82) is 0 Å². The number of nitrogens with one attached hydrogen (secondary N) is 1. The summed E-state index contributed by atoms with van der Waals surface area (Å²) in [6.45, 7) is 11.0. The van der Waals surface area contributed by atoms with Gasteiger partial charge >= 0.3 is 0 Å². The molecule has 1 atom stereocenters. The summed E-state index contributed by atoms with van der Waals surface area (Å²) in [5.41, 5.74) is 2.66. The average Bonchev–Trinajstić information content (AvgIpc) is 3.14. The molecule has 4 rings (SSSR count). The summed E-state index contributed by atoms with van der Waals surface area (Å²) in [5, 5.41) is 6.50. The van der Waals surface area contributed by atoms with Gasteiger partial charge in [0.15, 0.2) is 5.17 Å². The van der Waals surface area contributed by atoms with Gasteiger partial charge in [-0.25, -0.2) is 4.99 Å². The van der Waals surface area contributed by atoms with E-state index in [1.54, 1.807) is 0 Å². The Balaban J connectivity index is 1.67. The lowest BCUT2D eigenvalue weighted by Crippen LogP contribution is -2.48. The molecule has 7 nitrogen and oxygen atoms in total. The fourth-order valence-electron chi connectivity index (χ4n) is 4.35. The molecular weight excluding hydrogens is 470 g/mol. The number of aliphatic imine (C=N–C) groups is 1. The van der Waals surface area contributed by atoms with Crippen molar-refractivity contribution in [1.82, 2.24) is 20.0 Å². The van der Waals surface area contributed by atoms with Gasteiger partial charge in [-0.15, -0.1) is 0 Å². The van der Waals surface area contributed by atoms with Crippen molar-refractivity contribution in [2.24, 2.45) is 4.99 Å². The molecule has 0 radical (unpaired) electrons. The number of fused-ring (bicyclic) bond motifs is 1. The Hall–Kier alpha value is -2.29. The standard InChI is InChI=1S/C25H32ClN5O2S/c1-16-21(23(33)28-25(2,3)4)22(17-6-8-18(26)9-7-17)31-19(15-34-24(31)27-16)14-20(32)30-12-10-29(5)11-13-30/h6-9,15,22H,10-14H2,1-5H3,(H,28,33). The Morgan fingerprint density at radius 3 is 2.41 bits per heavy atom. The summed E-state index contributed by atoms with van der Waals surface area (Å²) in [6, 6.07) is 7.15. The summed E-state index contributed by atoms with van der Waals surface area (Å²) in [5.74, 6) is -0.0579. The van der Waals surface area contributed by atoms with Crippen LogP contribution in [0.5, 0.6) is 0 Å². The Morgan fingerprint density at radius 1 is 1.15 bits per heavy atom. The summed E-state index contributed by atoms with van der Waals surface area (Å²) in [7, 11) is 2.07. The number of rotatable bonds is 4. The molecule has 34 heavy (non-hydrogen) atoms. The van der Waals surface area contributed by atoms with Crippen LogP contribution in [0.2, 0.25) is 5.02 Å². The Kier molecular flexibility index (Phi) is 7.12. The van der Waals surface area contributed by atoms with Crippen LogP contribution in [0.1, 0.15) is 45.7 Å². The van der Waals surface area contributed by atoms with Crippen molar-refractivity contribution in [3.8, 4) is 0 Å². The highest BCUT2D eigenvalue weighted by atomic mass is 35.5. The Bertz CT molecular complexity index is 1070. The minimum absolute atomic E-state index is 0.100. The third kappa shape index (κ3) is 5.34. The van der Waals surface area contributed by atoms with E-state index in [1.807, 2.05) is 67.2 Å². The molecular formula is C25H32ClN5O2S. The molecule has 0 spiro atoms. The molecule has 0 bridgehead atoms. The van der Waals surface area contributed by atoms with Crippen LogP contribution in [0.15, 0.2) is 51.6 Å². The van der Waals surface area contributed by atoms with Crippen molar-refractivity contribution in [3.63, 3.8) is 0 Å². The molecule has 1 unspecified atom stereocenters. The number of hydrogen-bond acceptors (Lipinski definition) is 6. The molecule has 1 aromatic carbocycles. The van der Waals surface area contributed by atoms with Crippen LogP contribution in [0, 0.1) is 0 Å². The molecule has 1 fully saturated rings. The van der Waals surface area contributed by atoms with Gasteiger partial charge in [-0.1, -0.05) is 35.5 Å². The lowest BCUT2D eigenvalue weighted by Gasteiger charge is -2.38. The van der Waals surface area contributed by atoms with Crippen LogP contribution >= 0.6 is 23.4 Å². The third-order valence-corrected chi connectivity index (χ3v) is 7.25. The van der Waals surface area contributed by atoms with E-state index in [4.69, 9.17) is 16.6 Å². The SMILES string of the molecule is CC1=C(C(=O)NC(C)(C)C)C(c2ccc(Cl)cc2)N2C(CC(=O)N3CCN(C)CC3)=CSC2=N1. The van der Waals surface area contributed by atoms with Gasteiger partial charge in [0.05, 0.1) is 23.7 Å². The van der Waals surface area contributed by atoms with Gasteiger partial charge in [0, 0.05) is 42.4 Å². The number of amidine groups is 1. The zero-order valence-electron chi connectivity index (χ0n) is 20.4. The number of piperazine rings is 1. The van der Waals surface area contributed by atoms with Crippen LogP contribution in [0.4, 0.5) is 0 Å². The van der Waals surface area contributed by atoms with Crippen molar-refractivity contribution < 1.29 is 9.59 Å². The van der Waals surface area contributed by atoms with Gasteiger partial charge in [0.25, 0.3) is 5.91 Å². The number of carbonyl (C=O) groups excluding carboxylic acids is 2. The lowest BCUT2D eigenvalue weighted by atomic mass is 9.92. The van der Waals surface area contributed by atoms with Crippen LogP contribution in [0.3, 0.4) is 0 Å². The molecule has 9 heteroatoms. The van der Waals surface area contributed by atoms with Gasteiger partial charge in [0.1, 0.15) is 0 Å². The molecule has 3 aliphatic heterocycles. The minimum atomic E-state index is -0.395. The molecule has 1 saturated heterocycles. The Labute approximate surface area is 210 Å². The molecule has 0 aromatic heterocycles. The largest absolute Gasteiger partial charge is 0.348 e. The number of benzene rings is 1. The second kappa shape index (κ2) is 9.76. The number of halogens is 1. The van der Waals surface area contributed by atoms with Crippen LogP contribution in [-0.2, 0) is 9.59 Å². The fourth-order valence-corrected chi connectivity index (χ4v) is 5.44. The quantitative estimate of drug-likeness (QED) is 0.675. The maximum atomic E-state index is 13.5. The maximum absolute atomic E-state index is 13.5. The second-order valence-electron chi connectivity index (χ2n) is 10.0. The number of nitrogens with zero attached hydrogens (tertiary/aromatic N) is 4. The summed E-state index contributed by atoms with van der Waals surface area (Å²) < 4.78 is 0. The molecule has 1 N–H and O–H groups in total. The first-order valence-electron chi connectivity index (χ1n) is 11.5. The first kappa shape index (κ1) is 24.8. The number of allylic oxidation sites excluding steroid dienone is 1. The van der Waals surface area contributed by atoms with Gasteiger partial charge in [0.2, 0.25) is 5.91 Å². The molecule has 2 amide bonds. The van der Waals surface area contributed by atoms with Crippen molar-refractivity contribution in [2.75, 3.05) is 33.2 Å². The van der Waals surface area contributed by atoms with E-state index in [0.717, 1.165) is 42.6 Å². The first-order chi connectivity index (χ1) is 16.0. The van der Waals surface area contributed by atoms with E-state index in [0.29, 0.717) is 16.3 Å². The molecule has 0 aliphatic carbocycles. The van der Waals surface area contributed by atoms with Crippen molar-refractivity contribution in [2.45, 2.75) is 45.7 Å². The molecule has 1 aromatic rings. The third-order valence-electron chi connectivity index (χ3n) is 6.11. The molecule has 3 heterocycles. The lowest BCUT2D eigenvalue weighted by molar-refractivity contribution is -0.132. The number of likely N-dealkylation sites (N-methyl/N-ethyl adjacent to an activating group) is 1. The van der Waals surface area contributed by atoms with Crippen LogP contribution in [-0.4, -0.2) is 70.4 Å². The number of carbonyl (C=O) groups is 2. The van der Waals surface area contributed by atoms with E-state index in [2.05, 4.69) is 17.3 Å². The van der Waals surface area contributed by atoms with Gasteiger partial charge in [-0.3, -0.25) is 9.59 Å². The van der Waals surface area contributed by atoms with Crippen LogP contribution < -0.4 is 5.32 Å². The monoisotopic (exact) mass is 501 g/mol. The highest BCUT2D eigenvalue weighted by Gasteiger charge is 2.41. The van der Waals surface area contributed by atoms with E-state index in [-0.39, 0.29) is 18.2 Å². The first-order valence-corrected chi connectivity index (χ1v) is 12.8. The van der Waals surface area contributed by atoms with Gasteiger partial charge < -0.3 is 20.0 Å². The highest BCUT2D eigenvalue weighted by Crippen LogP contribution is 2.45. The predicted octanol–water partition coefficient (Wildman–Crippen LogP) is 3.99. The summed E-state index contributed by atoms with van der Waals surface area (Å²) >= 11 is 7.67. The molecule has 0 saturated carbocycles. The van der Waals surface area contributed by atoms with Gasteiger partial charge in [-0.05, 0) is 57.8 Å². The fraction of sp³-hybridized carbons (Fsp3) is 0.480. The van der Waals surface area contributed by atoms with E-state index < -0.39 is 11.6 Å². The van der Waals surface area contributed by atoms with Crippen LogP contribution in [0.25, 0.3) is 0 Å². The number of thioether (sulfide) groups is 1. The Morgan fingerprint density at radius 2 is 1.79 bits per heavy atom. The zero-order chi connectivity index (χ0) is 24.6. The van der Waals surface area contributed by atoms with E-state index >= 15 is 0 Å². The highest BCUT2D eigenvalue weighted by molar-refractivity contribution is 8.16.